The van der Waals surface area contributed by atoms with Crippen LogP contribution in [-0.2, 0) is 9.53 Å². The number of imidazole rings is 1. The quantitative estimate of drug-likeness (QED) is 0.367. The van der Waals surface area contributed by atoms with Crippen LogP contribution in [0.4, 0.5) is 10.6 Å². The lowest BCUT2D eigenvalue weighted by molar-refractivity contribution is -0.121. The molecule has 1 fully saturated rings. The Morgan fingerprint density at radius 2 is 2.00 bits per heavy atom. The van der Waals surface area contributed by atoms with Crippen LogP contribution in [0, 0.1) is 5.92 Å². The standard InChI is InChI=1S/C20H31N7O5/c1-20(2,3)32-19(31)22-6-4-5-13(29)23-8-11-7-12(28)15(16(11)30)27-10-26-14-17(21)24-9-25-18(14)27/h9-12,15-16,28,30H,4-8H2,1-3H3,(H,22,31)(H,23,29)(H2,21,24,25)/t11-,12-,15+,16+/m0/s1. The van der Waals surface area contributed by atoms with E-state index in [1.165, 1.54) is 12.7 Å². The number of nitrogen functional groups attached to an aromatic ring is 1. The Morgan fingerprint density at radius 3 is 2.72 bits per heavy atom. The summed E-state index contributed by atoms with van der Waals surface area (Å²) in [5.41, 5.74) is 6.07. The molecule has 1 aliphatic rings. The van der Waals surface area contributed by atoms with Crippen molar-refractivity contribution in [2.45, 2.75) is 63.9 Å². The molecule has 176 valence electrons. The van der Waals surface area contributed by atoms with Crippen LogP contribution in [0.3, 0.4) is 0 Å². The first-order valence-corrected chi connectivity index (χ1v) is 10.6. The number of aliphatic hydroxyl groups is 2. The Bertz CT molecular complexity index is 957. The van der Waals surface area contributed by atoms with Crippen molar-refractivity contribution in [1.29, 1.82) is 0 Å². The van der Waals surface area contributed by atoms with Gasteiger partial charge in [0.15, 0.2) is 11.5 Å². The molecule has 1 aliphatic carbocycles. The van der Waals surface area contributed by atoms with Crippen LogP contribution in [0.1, 0.15) is 46.1 Å². The number of hydrogen-bond acceptors (Lipinski definition) is 9. The minimum absolute atomic E-state index is 0.199. The molecule has 6 N–H and O–H groups in total. The van der Waals surface area contributed by atoms with Crippen molar-refractivity contribution in [1.82, 2.24) is 30.2 Å². The topological polar surface area (TPSA) is 178 Å². The number of hydrogen-bond donors (Lipinski definition) is 5. The van der Waals surface area contributed by atoms with Gasteiger partial charge in [0.1, 0.15) is 17.4 Å². The number of anilines is 1. The average Bonchev–Trinajstić information content (AvgIpc) is 3.23. The Labute approximate surface area is 185 Å². The van der Waals surface area contributed by atoms with Crippen molar-refractivity contribution in [3.63, 3.8) is 0 Å². The molecule has 2 aromatic heterocycles. The molecule has 32 heavy (non-hydrogen) atoms. The van der Waals surface area contributed by atoms with Crippen LogP contribution in [0.2, 0.25) is 0 Å². The molecule has 1 saturated carbocycles. The highest BCUT2D eigenvalue weighted by molar-refractivity contribution is 5.81. The van der Waals surface area contributed by atoms with Gasteiger partial charge in [-0.1, -0.05) is 0 Å². The molecule has 0 bridgehead atoms. The summed E-state index contributed by atoms with van der Waals surface area (Å²) >= 11 is 0. The van der Waals surface area contributed by atoms with E-state index in [4.69, 9.17) is 10.5 Å². The van der Waals surface area contributed by atoms with E-state index < -0.39 is 29.9 Å². The van der Waals surface area contributed by atoms with Crippen molar-refractivity contribution in [2.75, 3.05) is 18.8 Å². The van der Waals surface area contributed by atoms with Crippen LogP contribution in [0.15, 0.2) is 12.7 Å². The molecule has 12 nitrogen and oxygen atoms in total. The number of fused-ring (bicyclic) bond motifs is 1. The van der Waals surface area contributed by atoms with E-state index in [9.17, 15) is 19.8 Å². The summed E-state index contributed by atoms with van der Waals surface area (Å²) in [6.45, 7) is 5.86. The summed E-state index contributed by atoms with van der Waals surface area (Å²) < 4.78 is 6.74. The summed E-state index contributed by atoms with van der Waals surface area (Å²) in [7, 11) is 0. The van der Waals surface area contributed by atoms with Gasteiger partial charge in [-0.25, -0.2) is 19.7 Å². The lowest BCUT2D eigenvalue weighted by Crippen LogP contribution is -2.36. The molecule has 3 rings (SSSR count). The van der Waals surface area contributed by atoms with Crippen molar-refractivity contribution in [2.24, 2.45) is 5.92 Å². The van der Waals surface area contributed by atoms with E-state index in [0.717, 1.165) is 0 Å². The summed E-state index contributed by atoms with van der Waals surface area (Å²) in [6, 6.07) is -0.658. The van der Waals surface area contributed by atoms with Gasteiger partial charge in [0.2, 0.25) is 5.91 Å². The third-order valence-corrected chi connectivity index (χ3v) is 5.29. The molecular weight excluding hydrogens is 418 g/mol. The number of nitrogens with zero attached hydrogens (tertiary/aromatic N) is 4. The van der Waals surface area contributed by atoms with E-state index in [2.05, 4.69) is 25.6 Å². The third kappa shape index (κ3) is 5.62. The van der Waals surface area contributed by atoms with Crippen LogP contribution in [0.25, 0.3) is 11.2 Å². The zero-order valence-corrected chi connectivity index (χ0v) is 18.5. The molecular formula is C20H31N7O5. The number of nitrogens with two attached hydrogens (primary N) is 1. The highest BCUT2D eigenvalue weighted by Crippen LogP contribution is 2.36. The average molecular weight is 450 g/mol. The second-order valence-corrected chi connectivity index (χ2v) is 8.96. The Hall–Kier alpha value is -2.99. The van der Waals surface area contributed by atoms with Gasteiger partial charge in [-0.05, 0) is 33.6 Å². The summed E-state index contributed by atoms with van der Waals surface area (Å²) in [5.74, 6) is -0.314. The Morgan fingerprint density at radius 1 is 1.25 bits per heavy atom. The van der Waals surface area contributed by atoms with E-state index >= 15 is 0 Å². The van der Waals surface area contributed by atoms with Gasteiger partial charge < -0.3 is 35.9 Å². The van der Waals surface area contributed by atoms with Crippen LogP contribution in [0.5, 0.6) is 0 Å². The van der Waals surface area contributed by atoms with Gasteiger partial charge in [0, 0.05) is 25.4 Å². The number of ether oxygens (including phenoxy) is 1. The number of nitrogens with one attached hydrogen (secondary N) is 2. The Kier molecular flexibility index (Phi) is 7.14. The number of amides is 2. The summed E-state index contributed by atoms with van der Waals surface area (Å²) in [4.78, 5) is 36.0. The molecule has 2 aromatic rings. The molecule has 0 unspecified atom stereocenters. The highest BCUT2D eigenvalue weighted by Gasteiger charge is 2.43. The van der Waals surface area contributed by atoms with Crippen molar-refractivity contribution < 1.29 is 24.5 Å². The molecule has 0 saturated heterocycles. The van der Waals surface area contributed by atoms with Crippen molar-refractivity contribution in [3.05, 3.63) is 12.7 Å². The number of aromatic nitrogens is 4. The maximum atomic E-state index is 12.1. The predicted molar refractivity (Wildman–Crippen MR) is 115 cm³/mol. The fourth-order valence-electron chi connectivity index (χ4n) is 3.82. The first kappa shape index (κ1) is 23.7. The second-order valence-electron chi connectivity index (χ2n) is 8.96. The van der Waals surface area contributed by atoms with Gasteiger partial charge in [-0.3, -0.25) is 4.79 Å². The first-order chi connectivity index (χ1) is 15.1. The first-order valence-electron chi connectivity index (χ1n) is 10.6. The molecule has 2 heterocycles. The zero-order valence-electron chi connectivity index (χ0n) is 18.5. The van der Waals surface area contributed by atoms with Gasteiger partial charge in [-0.2, -0.15) is 0 Å². The SMILES string of the molecule is CC(C)(C)OC(=O)NCCCC(=O)NC[C@@H]1C[C@H](O)[C@@H](n2cnc3c(N)ncnc32)[C@@H]1O. The molecule has 0 spiro atoms. The normalized spacial score (nSPS) is 23.3. The van der Waals surface area contributed by atoms with E-state index in [1.54, 1.807) is 25.3 Å². The minimum atomic E-state index is -0.910. The number of rotatable bonds is 7. The van der Waals surface area contributed by atoms with Gasteiger partial charge in [0.25, 0.3) is 0 Å². The zero-order chi connectivity index (χ0) is 23.5. The molecule has 12 heteroatoms. The molecule has 0 aromatic carbocycles. The van der Waals surface area contributed by atoms with E-state index in [0.29, 0.717) is 30.6 Å². The number of carbonyl (C=O) groups excluding carboxylic acids is 2. The van der Waals surface area contributed by atoms with Gasteiger partial charge in [0.05, 0.1) is 24.6 Å². The minimum Gasteiger partial charge on any atom is -0.444 e. The van der Waals surface area contributed by atoms with Gasteiger partial charge in [-0.15, -0.1) is 0 Å². The largest absolute Gasteiger partial charge is 0.444 e. The second kappa shape index (κ2) is 9.65. The van der Waals surface area contributed by atoms with Crippen molar-refractivity contribution in [3.8, 4) is 0 Å². The molecule has 0 radical (unpaired) electrons. The van der Waals surface area contributed by atoms with Crippen LogP contribution < -0.4 is 16.4 Å². The van der Waals surface area contributed by atoms with Crippen LogP contribution >= 0.6 is 0 Å². The number of aliphatic hydroxyl groups excluding tert-OH is 2. The molecule has 0 aliphatic heterocycles. The van der Waals surface area contributed by atoms with E-state index in [-0.39, 0.29) is 30.6 Å². The molecule has 2 amide bonds. The van der Waals surface area contributed by atoms with Crippen LogP contribution in [-0.4, -0.2) is 72.6 Å². The molecule has 4 atom stereocenters. The lowest BCUT2D eigenvalue weighted by Gasteiger charge is -2.22. The number of alkyl carbamates (subject to hydrolysis) is 1. The third-order valence-electron chi connectivity index (χ3n) is 5.29. The van der Waals surface area contributed by atoms with E-state index in [1.807, 2.05) is 0 Å². The monoisotopic (exact) mass is 449 g/mol. The maximum absolute atomic E-state index is 12.1. The predicted octanol–water partition coefficient (Wildman–Crippen LogP) is 0.112. The lowest BCUT2D eigenvalue weighted by atomic mass is 10.0. The van der Waals surface area contributed by atoms with Crippen molar-refractivity contribution >= 4 is 29.0 Å². The number of carbonyl (C=O) groups is 2. The summed E-state index contributed by atoms with van der Waals surface area (Å²) in [5, 5.41) is 26.8. The maximum Gasteiger partial charge on any atom is 0.407 e. The van der Waals surface area contributed by atoms with Gasteiger partial charge >= 0.3 is 6.09 Å². The summed E-state index contributed by atoms with van der Waals surface area (Å²) in [6.07, 6.45) is 1.49. The highest BCUT2D eigenvalue weighted by atomic mass is 16.6. The fourth-order valence-corrected chi connectivity index (χ4v) is 3.82. The fraction of sp³-hybridized carbons (Fsp3) is 0.650. The smallest absolute Gasteiger partial charge is 0.407 e. The Balaban J connectivity index is 1.46.